The van der Waals surface area contributed by atoms with Crippen LogP contribution in [0.2, 0.25) is 0 Å². The van der Waals surface area contributed by atoms with Gasteiger partial charge in [-0.15, -0.1) is 0 Å². The van der Waals surface area contributed by atoms with Gasteiger partial charge >= 0.3 is 0 Å². The third kappa shape index (κ3) is 7.44. The van der Waals surface area contributed by atoms with Gasteiger partial charge in [0.15, 0.2) is 18.4 Å². The van der Waals surface area contributed by atoms with Crippen molar-refractivity contribution < 1.29 is 63.6 Å². The van der Waals surface area contributed by atoms with Gasteiger partial charge in [-0.2, -0.15) is 0 Å². The first-order chi connectivity index (χ1) is 24.1. The van der Waals surface area contributed by atoms with E-state index in [-0.39, 0.29) is 47.5 Å². The highest BCUT2D eigenvalue weighted by Crippen LogP contribution is 2.45. The first-order valence-electron chi connectivity index (χ1n) is 17.8. The molecule has 0 radical (unpaired) electrons. The average Bonchev–Trinajstić information content (AvgIpc) is 3.06. The van der Waals surface area contributed by atoms with Crippen molar-refractivity contribution in [3.05, 3.63) is 46.0 Å². The Labute approximate surface area is 296 Å². The fraction of sp³-hybridized carbons (Fsp3) is 0.649. The smallest absolute Gasteiger partial charge is 0.234 e. The van der Waals surface area contributed by atoms with Gasteiger partial charge in [-0.3, -0.25) is 14.4 Å². The Morgan fingerprint density at radius 1 is 0.941 bits per heavy atom. The van der Waals surface area contributed by atoms with Crippen LogP contribution in [0.5, 0.6) is 5.75 Å². The van der Waals surface area contributed by atoms with Gasteiger partial charge in [0.2, 0.25) is 11.6 Å². The van der Waals surface area contributed by atoms with E-state index in [9.17, 15) is 39.9 Å². The Balaban J connectivity index is 1.32. The molecule has 3 heterocycles. The number of carbonyl (C=O) groups excluding carboxylic acids is 3. The maximum atomic E-state index is 13.6. The third-order valence-corrected chi connectivity index (χ3v) is 10.9. The number of nitrogens with two attached hydrogens (primary N) is 1. The van der Waals surface area contributed by atoms with Gasteiger partial charge < -0.3 is 55.0 Å². The second-order valence-electron chi connectivity index (χ2n) is 14.8. The number of aliphatic hydroxyl groups excluding tert-OH is 3. The fourth-order valence-electron chi connectivity index (χ4n) is 7.90. The van der Waals surface area contributed by atoms with E-state index in [1.54, 1.807) is 20.8 Å². The Bertz CT molecular complexity index is 1610. The molecule has 0 saturated carbocycles. The zero-order chi connectivity index (χ0) is 36.9. The lowest BCUT2D eigenvalue weighted by molar-refractivity contribution is -0.258. The lowest BCUT2D eigenvalue weighted by Gasteiger charge is -2.44. The van der Waals surface area contributed by atoms with E-state index in [0.29, 0.717) is 44.1 Å². The topological polar surface area (TPSA) is 225 Å². The van der Waals surface area contributed by atoms with Crippen molar-refractivity contribution in [3.63, 3.8) is 0 Å². The molecule has 7 N–H and O–H groups in total. The molecule has 14 heteroatoms. The number of hydrogen-bond acceptors (Lipinski definition) is 14. The summed E-state index contributed by atoms with van der Waals surface area (Å²) in [5.41, 5.74) is 3.58. The molecule has 0 spiro atoms. The van der Waals surface area contributed by atoms with Crippen LogP contribution in [-0.2, 0) is 33.3 Å². The molecule has 3 saturated heterocycles. The maximum absolute atomic E-state index is 13.6. The number of ketones is 3. The van der Waals surface area contributed by atoms with Crippen LogP contribution in [0.25, 0.3) is 5.76 Å². The van der Waals surface area contributed by atoms with Crippen LogP contribution in [0.3, 0.4) is 0 Å². The van der Waals surface area contributed by atoms with E-state index in [1.165, 1.54) is 18.2 Å². The number of ether oxygens (including phenoxy) is 5. The van der Waals surface area contributed by atoms with Crippen LogP contribution in [0.15, 0.2) is 29.4 Å². The third-order valence-electron chi connectivity index (χ3n) is 10.9. The van der Waals surface area contributed by atoms with E-state index in [2.05, 4.69) is 0 Å². The van der Waals surface area contributed by atoms with E-state index < -0.39 is 89.6 Å². The highest BCUT2D eigenvalue weighted by molar-refractivity contribution is 6.52. The highest BCUT2D eigenvalue weighted by atomic mass is 16.7. The molecule has 2 aliphatic carbocycles. The summed E-state index contributed by atoms with van der Waals surface area (Å²) in [4.78, 5) is 39.8. The predicted molar refractivity (Wildman–Crippen MR) is 179 cm³/mol. The summed E-state index contributed by atoms with van der Waals surface area (Å²) in [6.45, 7) is 7.00. The van der Waals surface area contributed by atoms with Gasteiger partial charge in [0.1, 0.15) is 23.2 Å². The summed E-state index contributed by atoms with van der Waals surface area (Å²) in [6.07, 6.45) is -4.49. The van der Waals surface area contributed by atoms with E-state index in [0.717, 1.165) is 0 Å². The van der Waals surface area contributed by atoms with Crippen molar-refractivity contribution in [2.45, 2.75) is 152 Å². The van der Waals surface area contributed by atoms with Crippen LogP contribution in [-0.4, -0.2) is 110 Å². The van der Waals surface area contributed by atoms with Crippen molar-refractivity contribution in [2.24, 2.45) is 5.73 Å². The number of carbonyl (C=O) groups is 3. The lowest BCUT2D eigenvalue weighted by Crippen LogP contribution is -2.59. The zero-order valence-electron chi connectivity index (χ0n) is 29.3. The van der Waals surface area contributed by atoms with Gasteiger partial charge in [-0.05, 0) is 65.5 Å². The van der Waals surface area contributed by atoms with Crippen molar-refractivity contribution in [1.29, 1.82) is 0 Å². The number of aliphatic hydroxyl groups is 4. The number of phenols is 1. The minimum atomic E-state index is -2.26. The van der Waals surface area contributed by atoms with Crippen LogP contribution >= 0.6 is 0 Å². The normalized spacial score (nSPS) is 38.4. The molecule has 1 aromatic rings. The van der Waals surface area contributed by atoms with E-state index >= 15 is 0 Å². The summed E-state index contributed by atoms with van der Waals surface area (Å²) in [5.74, 6) is -4.02. The summed E-state index contributed by atoms with van der Waals surface area (Å²) in [7, 11) is 0. The van der Waals surface area contributed by atoms with Crippen LogP contribution in [0, 0.1) is 0 Å². The van der Waals surface area contributed by atoms with Gasteiger partial charge in [-0.1, -0.05) is 11.6 Å². The van der Waals surface area contributed by atoms with Crippen LogP contribution in [0.4, 0.5) is 0 Å². The number of phenolic OH excluding ortho intramolecular Hbond substituents is 1. The molecule has 3 fully saturated rings. The molecule has 0 unspecified atom stereocenters. The summed E-state index contributed by atoms with van der Waals surface area (Å²) >= 11 is 0. The van der Waals surface area contributed by atoms with Gasteiger partial charge in [0, 0.05) is 48.4 Å². The molecule has 51 heavy (non-hydrogen) atoms. The van der Waals surface area contributed by atoms with Crippen LogP contribution < -0.4 is 5.73 Å². The SMILES string of the molecule is CC1=CC(=O)[C@@H](O)[C@](O)([C@@H](CC2=C(O)c3c(ccc([C@H]4C[C@@H](O[C@H]5CC[C@H](O)[C@H](C)O5)C[C@H](C)O4)c3O)C(=O)C2=O)O[C@@H]2CC[C@@H](N)[C@@H](C)O2)C1. The quantitative estimate of drug-likeness (QED) is 0.213. The van der Waals surface area contributed by atoms with Gasteiger partial charge in [-0.25, -0.2) is 0 Å². The Morgan fingerprint density at radius 2 is 1.65 bits per heavy atom. The molecular formula is C37H49NO13. The molecule has 1 aromatic carbocycles. The van der Waals surface area contributed by atoms with Gasteiger partial charge in [0.25, 0.3) is 0 Å². The molecule has 280 valence electrons. The highest BCUT2D eigenvalue weighted by Gasteiger charge is 2.52. The number of Topliss-reactive ketones (excluding diaryl/α,β-unsaturated/α-hetero) is 2. The molecule has 0 aromatic heterocycles. The van der Waals surface area contributed by atoms with Crippen molar-refractivity contribution in [3.8, 4) is 5.75 Å². The minimum absolute atomic E-state index is 0.208. The first kappa shape index (κ1) is 37.7. The zero-order valence-corrected chi connectivity index (χ0v) is 29.3. The number of benzene rings is 1. The van der Waals surface area contributed by atoms with E-state index in [1.807, 2.05) is 6.92 Å². The minimum Gasteiger partial charge on any atom is -0.507 e. The maximum Gasteiger partial charge on any atom is 0.234 e. The van der Waals surface area contributed by atoms with Crippen LogP contribution in [0.1, 0.15) is 107 Å². The van der Waals surface area contributed by atoms with Crippen molar-refractivity contribution in [2.75, 3.05) is 0 Å². The Morgan fingerprint density at radius 3 is 2.35 bits per heavy atom. The summed E-state index contributed by atoms with van der Waals surface area (Å²) in [5, 5.41) is 56.3. The second-order valence-corrected chi connectivity index (χ2v) is 14.8. The van der Waals surface area contributed by atoms with Gasteiger partial charge in [0.05, 0.1) is 48.3 Å². The standard InChI is InChI=1S/C37H49NO13/c1-16-11-26(40)36(45)37(46,15-16)28(51-30-9-7-24(38)18(3)48-30)14-23-33(42)31-22(34(43)35(23)44)6-5-21(32(31)41)27-13-20(12-17(2)47-27)50-29-10-8-25(39)19(4)49-29/h5-6,11,17-20,24-25,27-30,36,39,41-42,45-46H,7-10,12-15,38H2,1-4H3/t17-,18+,19-,20-,24+,25-,27+,28+,29-,30+,36+,37+/m0/s1. The lowest BCUT2D eigenvalue weighted by atomic mass is 9.74. The monoisotopic (exact) mass is 715 g/mol. The average molecular weight is 716 g/mol. The first-order valence-corrected chi connectivity index (χ1v) is 17.8. The molecule has 6 rings (SSSR count). The molecule has 3 aliphatic heterocycles. The summed E-state index contributed by atoms with van der Waals surface area (Å²) < 4.78 is 30.4. The largest absolute Gasteiger partial charge is 0.507 e. The Hall–Kier alpha value is -3.05. The number of rotatable bonds is 8. The fourth-order valence-corrected chi connectivity index (χ4v) is 7.90. The van der Waals surface area contributed by atoms with Crippen molar-refractivity contribution >= 4 is 23.1 Å². The summed E-state index contributed by atoms with van der Waals surface area (Å²) in [6, 6.07) is 2.56. The van der Waals surface area contributed by atoms with E-state index in [4.69, 9.17) is 29.4 Å². The number of hydrogen-bond donors (Lipinski definition) is 6. The van der Waals surface area contributed by atoms with Crippen molar-refractivity contribution in [1.82, 2.24) is 0 Å². The molecule has 14 nitrogen and oxygen atoms in total. The second kappa shape index (κ2) is 14.8. The molecule has 0 bridgehead atoms. The molecule has 0 amide bonds. The molecule has 5 aliphatic rings. The Kier molecular flexibility index (Phi) is 10.9. The molecule has 12 atom stereocenters. The number of aromatic hydroxyl groups is 1. The molecular weight excluding hydrogens is 666 g/mol. The predicted octanol–water partition coefficient (Wildman–Crippen LogP) is 2.58. The number of fused-ring (bicyclic) bond motifs is 1.